The van der Waals surface area contributed by atoms with E-state index in [9.17, 15) is 18.0 Å². The molecule has 2 heterocycles. The topological polar surface area (TPSA) is 101 Å². The van der Waals surface area contributed by atoms with E-state index in [0.717, 1.165) is 28.6 Å². The normalized spacial score (nSPS) is 12.0. The average Bonchev–Trinajstić information content (AvgIpc) is 3.25. The zero-order valence-electron chi connectivity index (χ0n) is 21.7. The first-order valence-corrected chi connectivity index (χ1v) is 12.3. The second-order valence-corrected chi connectivity index (χ2v) is 8.94. The molecule has 0 aliphatic carbocycles. The summed E-state index contributed by atoms with van der Waals surface area (Å²) in [6.07, 6.45) is -6.70. The molecular weight excluding hydrogens is 563 g/mol. The lowest BCUT2D eigenvalue weighted by atomic mass is 10.1. The van der Waals surface area contributed by atoms with Crippen LogP contribution in [0, 0.1) is 18.6 Å². The monoisotopic (exact) mass is 584 g/mol. The summed E-state index contributed by atoms with van der Waals surface area (Å²) in [6, 6.07) is 16.5. The van der Waals surface area contributed by atoms with Gasteiger partial charge >= 0.3 is 12.5 Å². The number of carbonyl (C=O) groups excluding carboxylic acids is 1. The molecule has 0 fully saturated rings. The summed E-state index contributed by atoms with van der Waals surface area (Å²) in [6.45, 7) is 1.60. The molecule has 2 N–H and O–H groups in total. The van der Waals surface area contributed by atoms with Crippen molar-refractivity contribution in [2.24, 2.45) is 5.73 Å². The van der Waals surface area contributed by atoms with Gasteiger partial charge in [0.2, 0.25) is 5.88 Å². The van der Waals surface area contributed by atoms with Crippen molar-refractivity contribution in [3.8, 4) is 34.3 Å². The van der Waals surface area contributed by atoms with E-state index in [-0.39, 0.29) is 34.8 Å². The number of alkyl halides is 3. The van der Waals surface area contributed by atoms with Crippen molar-refractivity contribution in [3.63, 3.8) is 0 Å². The molecule has 0 bridgehead atoms. The molecule has 2 aromatic heterocycles. The maximum absolute atomic E-state index is 15.8. The van der Waals surface area contributed by atoms with Crippen LogP contribution in [0.25, 0.3) is 28.0 Å². The highest BCUT2D eigenvalue weighted by molar-refractivity contribution is 5.93. The van der Waals surface area contributed by atoms with Crippen molar-refractivity contribution in [1.82, 2.24) is 14.5 Å². The SMILES string of the molecule is Cc1c(-c2ccc(OC(N)=O)cc2)n(-c2c(F)cc(OCc3ccccc3)cc2F)c2c(OC(F)C(F)F)ncnc12. The number of primary amides is 1. The third-order valence-electron chi connectivity index (χ3n) is 6.18. The largest absolute Gasteiger partial charge is 0.489 e. The fourth-order valence-electron chi connectivity index (χ4n) is 4.42. The van der Waals surface area contributed by atoms with E-state index in [0.29, 0.717) is 11.1 Å². The van der Waals surface area contributed by atoms with Gasteiger partial charge in [-0.05, 0) is 42.3 Å². The summed E-state index contributed by atoms with van der Waals surface area (Å²) in [5.74, 6) is -2.88. The minimum Gasteiger partial charge on any atom is -0.489 e. The summed E-state index contributed by atoms with van der Waals surface area (Å²) in [7, 11) is 0. The minimum absolute atomic E-state index is 0.0347. The van der Waals surface area contributed by atoms with Gasteiger partial charge in [0.05, 0.1) is 11.2 Å². The second kappa shape index (κ2) is 11.7. The molecule has 3 aromatic carbocycles. The molecule has 42 heavy (non-hydrogen) atoms. The zero-order chi connectivity index (χ0) is 30.0. The molecule has 1 atom stereocenters. The lowest BCUT2D eigenvalue weighted by Crippen LogP contribution is -2.20. The van der Waals surface area contributed by atoms with Gasteiger partial charge in [0.1, 0.15) is 35.6 Å². The van der Waals surface area contributed by atoms with Crippen molar-refractivity contribution in [1.29, 1.82) is 0 Å². The Balaban J connectivity index is 1.69. The number of ether oxygens (including phenoxy) is 3. The number of nitrogens with two attached hydrogens (primary N) is 1. The molecule has 216 valence electrons. The predicted molar refractivity (Wildman–Crippen MR) is 141 cm³/mol. The summed E-state index contributed by atoms with van der Waals surface area (Å²) in [4.78, 5) is 19.1. The average molecular weight is 585 g/mol. The Hall–Kier alpha value is -5.20. The summed E-state index contributed by atoms with van der Waals surface area (Å²) in [5.41, 5.74) is 5.76. The third kappa shape index (κ3) is 5.66. The molecule has 0 saturated heterocycles. The molecular formula is C29H21F5N4O4. The fraction of sp³-hybridized carbons (Fsp3) is 0.138. The number of carbonyl (C=O) groups is 1. The van der Waals surface area contributed by atoms with Gasteiger partial charge in [0.15, 0.2) is 11.6 Å². The Morgan fingerprint density at radius 3 is 2.24 bits per heavy atom. The number of amides is 1. The van der Waals surface area contributed by atoms with Crippen LogP contribution in [-0.4, -0.2) is 33.4 Å². The maximum atomic E-state index is 15.8. The molecule has 0 aliphatic rings. The molecule has 0 spiro atoms. The Kier molecular flexibility index (Phi) is 7.91. The van der Waals surface area contributed by atoms with E-state index in [4.69, 9.17) is 19.9 Å². The van der Waals surface area contributed by atoms with Crippen LogP contribution < -0.4 is 19.9 Å². The van der Waals surface area contributed by atoms with Crippen LogP contribution >= 0.6 is 0 Å². The molecule has 5 aromatic rings. The van der Waals surface area contributed by atoms with Crippen molar-refractivity contribution >= 4 is 17.1 Å². The van der Waals surface area contributed by atoms with Crippen LogP contribution in [0.15, 0.2) is 73.1 Å². The van der Waals surface area contributed by atoms with Crippen molar-refractivity contribution < 1.29 is 41.0 Å². The van der Waals surface area contributed by atoms with Gasteiger partial charge in [-0.25, -0.2) is 27.3 Å². The minimum atomic E-state index is -3.52. The third-order valence-corrected chi connectivity index (χ3v) is 6.18. The molecule has 1 amide bonds. The zero-order valence-corrected chi connectivity index (χ0v) is 21.7. The van der Waals surface area contributed by atoms with Gasteiger partial charge in [-0.3, -0.25) is 4.57 Å². The summed E-state index contributed by atoms with van der Waals surface area (Å²) >= 11 is 0. The van der Waals surface area contributed by atoms with Crippen LogP contribution in [0.1, 0.15) is 11.1 Å². The lowest BCUT2D eigenvalue weighted by molar-refractivity contribution is -0.0683. The van der Waals surface area contributed by atoms with E-state index >= 15 is 8.78 Å². The quantitative estimate of drug-likeness (QED) is 0.195. The first kappa shape index (κ1) is 28.3. The highest BCUT2D eigenvalue weighted by Crippen LogP contribution is 2.41. The molecule has 13 heteroatoms. The number of halogens is 5. The van der Waals surface area contributed by atoms with Crippen molar-refractivity contribution in [2.45, 2.75) is 26.3 Å². The smallest absolute Gasteiger partial charge is 0.409 e. The van der Waals surface area contributed by atoms with Crippen LogP contribution in [0.3, 0.4) is 0 Å². The highest BCUT2D eigenvalue weighted by Gasteiger charge is 2.29. The summed E-state index contributed by atoms with van der Waals surface area (Å²) < 4.78 is 88.0. The number of fused-ring (bicyclic) bond motifs is 1. The van der Waals surface area contributed by atoms with E-state index in [2.05, 4.69) is 9.97 Å². The molecule has 0 aliphatic heterocycles. The summed E-state index contributed by atoms with van der Waals surface area (Å²) in [5, 5.41) is 0. The number of benzene rings is 3. The van der Waals surface area contributed by atoms with Crippen LogP contribution in [0.2, 0.25) is 0 Å². The highest BCUT2D eigenvalue weighted by atomic mass is 19.3. The van der Waals surface area contributed by atoms with Gasteiger partial charge in [-0.1, -0.05) is 30.3 Å². The number of aromatic nitrogens is 3. The van der Waals surface area contributed by atoms with Gasteiger partial charge in [-0.15, -0.1) is 0 Å². The number of rotatable bonds is 9. The number of nitrogens with zero attached hydrogens (tertiary/aromatic N) is 3. The molecule has 1 unspecified atom stereocenters. The Labute approximate surface area is 235 Å². The molecule has 5 rings (SSSR count). The van der Waals surface area contributed by atoms with Crippen LogP contribution in [0.5, 0.6) is 17.4 Å². The van der Waals surface area contributed by atoms with Crippen molar-refractivity contribution in [3.05, 3.63) is 95.8 Å². The fourth-order valence-corrected chi connectivity index (χ4v) is 4.42. The van der Waals surface area contributed by atoms with Gasteiger partial charge in [0, 0.05) is 17.7 Å². The molecule has 0 saturated carbocycles. The first-order valence-electron chi connectivity index (χ1n) is 12.3. The Morgan fingerprint density at radius 2 is 1.62 bits per heavy atom. The van der Waals surface area contributed by atoms with Crippen LogP contribution in [-0.2, 0) is 6.61 Å². The molecule has 8 nitrogen and oxygen atoms in total. The second-order valence-electron chi connectivity index (χ2n) is 8.94. The predicted octanol–water partition coefficient (Wildman–Crippen LogP) is 6.65. The van der Waals surface area contributed by atoms with E-state index in [1.807, 2.05) is 6.07 Å². The van der Waals surface area contributed by atoms with Gasteiger partial charge in [0.25, 0.3) is 6.36 Å². The maximum Gasteiger partial charge on any atom is 0.409 e. The Morgan fingerprint density at radius 1 is 0.952 bits per heavy atom. The van der Waals surface area contributed by atoms with E-state index in [1.54, 1.807) is 31.2 Å². The Bertz CT molecular complexity index is 1720. The lowest BCUT2D eigenvalue weighted by Gasteiger charge is -2.17. The number of hydrogen-bond acceptors (Lipinski definition) is 6. The van der Waals surface area contributed by atoms with E-state index in [1.165, 1.54) is 24.3 Å². The van der Waals surface area contributed by atoms with Crippen LogP contribution in [0.4, 0.5) is 26.7 Å². The number of aryl methyl sites for hydroxylation is 1. The van der Waals surface area contributed by atoms with Gasteiger partial charge in [-0.2, -0.15) is 9.37 Å². The first-order chi connectivity index (χ1) is 20.1. The standard InChI is InChI=1S/C29H21F5N4O4/c1-15-22-25(28(37-14-36-22)42-27(34)26(32)33)38(23(15)17-7-9-18(10-8-17)41-29(35)39)24-20(30)11-19(12-21(24)31)40-13-16-5-3-2-4-6-16/h2-12,14,26-27H,13H2,1H3,(H2,35,39). The number of hydrogen-bond donors (Lipinski definition) is 1. The van der Waals surface area contributed by atoms with Crippen molar-refractivity contribution in [2.75, 3.05) is 0 Å². The molecule has 0 radical (unpaired) electrons. The van der Waals surface area contributed by atoms with Gasteiger partial charge < -0.3 is 19.9 Å². The van der Waals surface area contributed by atoms with E-state index < -0.39 is 42.1 Å².